The standard InChI is InChI=1S/C11H10N2O5/c1-18-11(15)8-3-2-7(4-5-10(12)14)9(6-8)13(16)17/h2-6H,1H3,(H2,12,14). The van der Waals surface area contributed by atoms with E-state index in [1.165, 1.54) is 25.3 Å². The lowest BCUT2D eigenvalue weighted by Gasteiger charge is -2.01. The molecule has 0 unspecified atom stereocenters. The molecule has 1 rings (SSSR count). The normalized spacial score (nSPS) is 10.3. The predicted octanol–water partition coefficient (Wildman–Crippen LogP) is 0.880. The van der Waals surface area contributed by atoms with Crippen LogP contribution in [-0.2, 0) is 9.53 Å². The summed E-state index contributed by atoms with van der Waals surface area (Å²) in [6, 6.07) is 3.77. The van der Waals surface area contributed by atoms with E-state index in [4.69, 9.17) is 5.73 Å². The van der Waals surface area contributed by atoms with E-state index in [1.54, 1.807) is 0 Å². The molecule has 0 aromatic heterocycles. The molecule has 0 aliphatic carbocycles. The van der Waals surface area contributed by atoms with Gasteiger partial charge in [0.1, 0.15) is 0 Å². The van der Waals surface area contributed by atoms with Crippen molar-refractivity contribution >= 4 is 23.6 Å². The van der Waals surface area contributed by atoms with E-state index < -0.39 is 16.8 Å². The first-order valence-corrected chi connectivity index (χ1v) is 4.80. The van der Waals surface area contributed by atoms with Crippen LogP contribution < -0.4 is 5.73 Å². The molecule has 1 amide bonds. The highest BCUT2D eigenvalue weighted by molar-refractivity contribution is 5.93. The number of ether oxygens (including phenoxy) is 1. The molecule has 0 saturated carbocycles. The van der Waals surface area contributed by atoms with Crippen LogP contribution in [0.2, 0.25) is 0 Å². The lowest BCUT2D eigenvalue weighted by Crippen LogP contribution is -2.06. The van der Waals surface area contributed by atoms with E-state index in [2.05, 4.69) is 4.74 Å². The van der Waals surface area contributed by atoms with Crippen LogP contribution in [0, 0.1) is 10.1 Å². The van der Waals surface area contributed by atoms with Crippen molar-refractivity contribution in [2.24, 2.45) is 5.73 Å². The summed E-state index contributed by atoms with van der Waals surface area (Å²) in [5, 5.41) is 10.8. The van der Waals surface area contributed by atoms with Crippen molar-refractivity contribution in [2.75, 3.05) is 7.11 Å². The van der Waals surface area contributed by atoms with Gasteiger partial charge >= 0.3 is 5.97 Å². The van der Waals surface area contributed by atoms with Crippen LogP contribution in [0.3, 0.4) is 0 Å². The molecule has 0 aliphatic heterocycles. The quantitative estimate of drug-likeness (QED) is 0.369. The first-order valence-electron chi connectivity index (χ1n) is 4.80. The molecule has 0 radical (unpaired) electrons. The number of benzene rings is 1. The average Bonchev–Trinajstić information content (AvgIpc) is 2.34. The van der Waals surface area contributed by atoms with Gasteiger partial charge in [-0.15, -0.1) is 0 Å². The predicted molar refractivity (Wildman–Crippen MR) is 62.7 cm³/mol. The summed E-state index contributed by atoms with van der Waals surface area (Å²) in [5.41, 5.74) is 4.82. The third-order valence-electron chi connectivity index (χ3n) is 2.08. The van der Waals surface area contributed by atoms with Gasteiger partial charge in [0, 0.05) is 12.1 Å². The van der Waals surface area contributed by atoms with Gasteiger partial charge in [-0.1, -0.05) is 0 Å². The fourth-order valence-electron chi connectivity index (χ4n) is 1.26. The molecule has 2 N–H and O–H groups in total. The Balaban J connectivity index is 3.25. The number of hydrogen-bond acceptors (Lipinski definition) is 5. The van der Waals surface area contributed by atoms with Crippen molar-refractivity contribution in [3.8, 4) is 0 Å². The Hall–Kier alpha value is -2.70. The second-order valence-corrected chi connectivity index (χ2v) is 3.26. The molecule has 0 fully saturated rings. The molecule has 0 aliphatic rings. The zero-order chi connectivity index (χ0) is 13.7. The number of methoxy groups -OCH3 is 1. The Bertz CT molecular complexity index is 536. The molecule has 0 bridgehead atoms. The molecule has 7 nitrogen and oxygen atoms in total. The number of hydrogen-bond donors (Lipinski definition) is 1. The molecule has 0 atom stereocenters. The van der Waals surface area contributed by atoms with E-state index in [0.29, 0.717) is 0 Å². The highest BCUT2D eigenvalue weighted by atomic mass is 16.6. The summed E-state index contributed by atoms with van der Waals surface area (Å²) < 4.78 is 4.46. The fourth-order valence-corrected chi connectivity index (χ4v) is 1.26. The largest absolute Gasteiger partial charge is 0.465 e. The van der Waals surface area contributed by atoms with Crippen LogP contribution in [0.4, 0.5) is 5.69 Å². The Morgan fingerprint density at radius 3 is 2.61 bits per heavy atom. The van der Waals surface area contributed by atoms with Gasteiger partial charge < -0.3 is 10.5 Å². The monoisotopic (exact) mass is 250 g/mol. The summed E-state index contributed by atoms with van der Waals surface area (Å²) in [6.45, 7) is 0. The lowest BCUT2D eigenvalue weighted by molar-refractivity contribution is -0.385. The zero-order valence-electron chi connectivity index (χ0n) is 9.45. The van der Waals surface area contributed by atoms with E-state index in [-0.39, 0.29) is 16.8 Å². The smallest absolute Gasteiger partial charge is 0.338 e. The van der Waals surface area contributed by atoms with Gasteiger partial charge in [0.15, 0.2) is 0 Å². The van der Waals surface area contributed by atoms with Crippen LogP contribution in [0.1, 0.15) is 15.9 Å². The number of nitro groups is 1. The average molecular weight is 250 g/mol. The van der Waals surface area contributed by atoms with Crippen molar-refractivity contribution in [2.45, 2.75) is 0 Å². The summed E-state index contributed by atoms with van der Waals surface area (Å²) in [5.74, 6) is -1.40. The van der Waals surface area contributed by atoms with Gasteiger partial charge in [-0.25, -0.2) is 4.79 Å². The molecule has 0 heterocycles. The molecule has 1 aromatic carbocycles. The number of nitrogens with two attached hydrogens (primary N) is 1. The van der Waals surface area contributed by atoms with Crippen LogP contribution >= 0.6 is 0 Å². The molecular formula is C11H10N2O5. The van der Waals surface area contributed by atoms with Crippen LogP contribution in [0.25, 0.3) is 6.08 Å². The van der Waals surface area contributed by atoms with Gasteiger partial charge in [0.25, 0.3) is 5.69 Å². The van der Waals surface area contributed by atoms with Gasteiger partial charge in [-0.05, 0) is 18.2 Å². The minimum absolute atomic E-state index is 0.0559. The maximum atomic E-state index is 11.2. The van der Waals surface area contributed by atoms with Crippen molar-refractivity contribution in [3.05, 3.63) is 45.5 Å². The third kappa shape index (κ3) is 3.14. The minimum Gasteiger partial charge on any atom is -0.465 e. The summed E-state index contributed by atoms with van der Waals surface area (Å²) in [4.78, 5) is 32.0. The third-order valence-corrected chi connectivity index (χ3v) is 2.08. The van der Waals surface area contributed by atoms with Crippen LogP contribution in [0.5, 0.6) is 0 Å². The van der Waals surface area contributed by atoms with E-state index in [1.807, 2.05) is 0 Å². The number of primary amides is 1. The molecule has 18 heavy (non-hydrogen) atoms. The van der Waals surface area contributed by atoms with Crippen molar-refractivity contribution in [1.29, 1.82) is 0 Å². The maximum absolute atomic E-state index is 11.2. The summed E-state index contributed by atoms with van der Waals surface area (Å²) >= 11 is 0. The minimum atomic E-state index is -0.721. The second kappa shape index (κ2) is 5.58. The SMILES string of the molecule is COC(=O)c1ccc(C=CC(N)=O)c([N+](=O)[O-])c1. The van der Waals surface area contributed by atoms with E-state index >= 15 is 0 Å². The summed E-state index contributed by atoms with van der Waals surface area (Å²) in [6.07, 6.45) is 2.21. The highest BCUT2D eigenvalue weighted by Gasteiger charge is 2.16. The molecular weight excluding hydrogens is 240 g/mol. The molecule has 0 spiro atoms. The number of nitrogens with zero attached hydrogens (tertiary/aromatic N) is 1. The fraction of sp³-hybridized carbons (Fsp3) is 0.0909. The number of rotatable bonds is 4. The highest BCUT2D eigenvalue weighted by Crippen LogP contribution is 2.22. The molecule has 94 valence electrons. The summed E-state index contributed by atoms with van der Waals surface area (Å²) in [7, 11) is 1.18. The Kier molecular flexibility index (Phi) is 4.14. The Labute approximate surface area is 102 Å². The molecule has 0 saturated heterocycles. The van der Waals surface area contributed by atoms with Gasteiger partial charge in [0.2, 0.25) is 5.91 Å². The number of carbonyl (C=O) groups is 2. The number of nitro benzene ring substituents is 1. The number of esters is 1. The van der Waals surface area contributed by atoms with Crippen molar-refractivity contribution in [1.82, 2.24) is 0 Å². The number of carbonyl (C=O) groups excluding carboxylic acids is 2. The molecule has 7 heteroatoms. The second-order valence-electron chi connectivity index (χ2n) is 3.26. The lowest BCUT2D eigenvalue weighted by atomic mass is 10.1. The van der Waals surface area contributed by atoms with Crippen molar-refractivity contribution in [3.63, 3.8) is 0 Å². The first-order chi connectivity index (χ1) is 8.45. The maximum Gasteiger partial charge on any atom is 0.338 e. The van der Waals surface area contributed by atoms with E-state index in [9.17, 15) is 19.7 Å². The van der Waals surface area contributed by atoms with Gasteiger partial charge in [-0.3, -0.25) is 14.9 Å². The zero-order valence-corrected chi connectivity index (χ0v) is 9.45. The topological polar surface area (TPSA) is 113 Å². The number of amides is 1. The Morgan fingerprint density at radius 1 is 1.44 bits per heavy atom. The van der Waals surface area contributed by atoms with Crippen LogP contribution in [0.15, 0.2) is 24.3 Å². The van der Waals surface area contributed by atoms with E-state index in [0.717, 1.165) is 12.1 Å². The van der Waals surface area contributed by atoms with Crippen molar-refractivity contribution < 1.29 is 19.2 Å². The Morgan fingerprint density at radius 2 is 2.11 bits per heavy atom. The van der Waals surface area contributed by atoms with Gasteiger partial charge in [0.05, 0.1) is 23.2 Å². The molecule has 1 aromatic rings. The first kappa shape index (κ1) is 13.4. The van der Waals surface area contributed by atoms with Gasteiger partial charge in [-0.2, -0.15) is 0 Å². The van der Waals surface area contributed by atoms with Crippen LogP contribution in [-0.4, -0.2) is 23.9 Å².